The molecule has 64 valence electrons. The normalized spacial score (nSPS) is 9.00. The van der Waals surface area contributed by atoms with Crippen molar-refractivity contribution in [2.45, 2.75) is 13.8 Å². The number of carbonyl (C=O) groups is 2. The van der Waals surface area contributed by atoms with Gasteiger partial charge in [-0.15, -0.1) is 0 Å². The van der Waals surface area contributed by atoms with Gasteiger partial charge in [-0.25, -0.2) is 4.79 Å². The SMILES string of the molecule is CCN(CC)C(=O)C(=O)OC. The molecule has 0 atom stereocenters. The summed E-state index contributed by atoms with van der Waals surface area (Å²) in [6.45, 7) is 4.68. The molecule has 0 fully saturated rings. The summed E-state index contributed by atoms with van der Waals surface area (Å²) >= 11 is 0. The molecular weight excluding hydrogens is 146 g/mol. The summed E-state index contributed by atoms with van der Waals surface area (Å²) in [5, 5.41) is 0. The van der Waals surface area contributed by atoms with Crippen molar-refractivity contribution in [2.75, 3.05) is 20.2 Å². The highest BCUT2D eigenvalue weighted by atomic mass is 16.5. The Morgan fingerprint density at radius 3 is 2.00 bits per heavy atom. The third kappa shape index (κ3) is 2.57. The molecular formula is C7H13NO3. The second-order valence-corrected chi connectivity index (χ2v) is 1.97. The average Bonchev–Trinajstić information content (AvgIpc) is 2.05. The van der Waals surface area contributed by atoms with Gasteiger partial charge < -0.3 is 9.64 Å². The fourth-order valence-electron chi connectivity index (χ4n) is 0.727. The van der Waals surface area contributed by atoms with E-state index in [0.717, 1.165) is 0 Å². The molecule has 0 aromatic heterocycles. The van der Waals surface area contributed by atoms with Crippen LogP contribution in [0.5, 0.6) is 0 Å². The van der Waals surface area contributed by atoms with Crippen LogP contribution in [0.1, 0.15) is 13.8 Å². The molecule has 0 N–H and O–H groups in total. The van der Waals surface area contributed by atoms with Gasteiger partial charge in [0.15, 0.2) is 0 Å². The van der Waals surface area contributed by atoms with Gasteiger partial charge in [0, 0.05) is 13.1 Å². The number of methoxy groups -OCH3 is 1. The number of hydrogen-bond acceptors (Lipinski definition) is 3. The first-order valence-electron chi connectivity index (χ1n) is 3.54. The van der Waals surface area contributed by atoms with Crippen molar-refractivity contribution < 1.29 is 14.3 Å². The summed E-state index contributed by atoms with van der Waals surface area (Å²) in [5.74, 6) is -1.37. The van der Waals surface area contributed by atoms with E-state index in [0.29, 0.717) is 13.1 Å². The highest BCUT2D eigenvalue weighted by molar-refractivity contribution is 6.32. The van der Waals surface area contributed by atoms with Crippen molar-refractivity contribution in [2.24, 2.45) is 0 Å². The van der Waals surface area contributed by atoms with Gasteiger partial charge in [-0.3, -0.25) is 4.79 Å². The van der Waals surface area contributed by atoms with Gasteiger partial charge in [0.05, 0.1) is 7.11 Å². The van der Waals surface area contributed by atoms with Gasteiger partial charge in [-0.2, -0.15) is 0 Å². The van der Waals surface area contributed by atoms with Crippen LogP contribution in [0.2, 0.25) is 0 Å². The maximum Gasteiger partial charge on any atom is 0.396 e. The van der Waals surface area contributed by atoms with Gasteiger partial charge in [0.25, 0.3) is 0 Å². The van der Waals surface area contributed by atoms with Gasteiger partial charge in [-0.05, 0) is 13.8 Å². The van der Waals surface area contributed by atoms with E-state index in [2.05, 4.69) is 4.74 Å². The van der Waals surface area contributed by atoms with E-state index in [1.807, 2.05) is 13.8 Å². The van der Waals surface area contributed by atoms with Crippen molar-refractivity contribution in [1.82, 2.24) is 4.90 Å². The maximum atomic E-state index is 11.0. The lowest BCUT2D eigenvalue weighted by Crippen LogP contribution is -2.36. The molecule has 0 rings (SSSR count). The smallest absolute Gasteiger partial charge is 0.396 e. The molecule has 0 bridgehead atoms. The Hall–Kier alpha value is -1.06. The second kappa shape index (κ2) is 4.71. The van der Waals surface area contributed by atoms with Crippen molar-refractivity contribution in [3.8, 4) is 0 Å². The lowest BCUT2D eigenvalue weighted by molar-refractivity contribution is -0.157. The Bertz CT molecular complexity index is 152. The van der Waals surface area contributed by atoms with Crippen LogP contribution in [0.15, 0.2) is 0 Å². The third-order valence-corrected chi connectivity index (χ3v) is 1.41. The summed E-state index contributed by atoms with van der Waals surface area (Å²) in [7, 11) is 1.20. The molecule has 0 saturated carbocycles. The van der Waals surface area contributed by atoms with E-state index >= 15 is 0 Å². The van der Waals surface area contributed by atoms with Crippen molar-refractivity contribution >= 4 is 11.9 Å². The van der Waals surface area contributed by atoms with E-state index in [-0.39, 0.29) is 0 Å². The number of esters is 1. The zero-order chi connectivity index (χ0) is 8.85. The van der Waals surface area contributed by atoms with Crippen molar-refractivity contribution in [3.05, 3.63) is 0 Å². The zero-order valence-electron chi connectivity index (χ0n) is 7.09. The summed E-state index contributed by atoms with van der Waals surface area (Å²) in [5.41, 5.74) is 0. The Labute approximate surface area is 66.1 Å². The van der Waals surface area contributed by atoms with E-state index in [4.69, 9.17) is 0 Å². The van der Waals surface area contributed by atoms with Gasteiger partial charge >= 0.3 is 11.9 Å². The minimum absolute atomic E-state index is 0.532. The van der Waals surface area contributed by atoms with Gasteiger partial charge in [0.1, 0.15) is 0 Å². The molecule has 11 heavy (non-hydrogen) atoms. The van der Waals surface area contributed by atoms with Crippen LogP contribution in [0.3, 0.4) is 0 Å². The molecule has 0 unspecified atom stereocenters. The quantitative estimate of drug-likeness (QED) is 0.422. The lowest BCUT2D eigenvalue weighted by atomic mass is 10.4. The second-order valence-electron chi connectivity index (χ2n) is 1.97. The molecule has 0 heterocycles. The molecule has 1 amide bonds. The van der Waals surface area contributed by atoms with Crippen LogP contribution < -0.4 is 0 Å². The highest BCUT2D eigenvalue weighted by Crippen LogP contribution is 1.90. The number of rotatable bonds is 2. The summed E-state index contributed by atoms with van der Waals surface area (Å²) in [6, 6.07) is 0. The molecule has 0 radical (unpaired) electrons. The lowest BCUT2D eigenvalue weighted by Gasteiger charge is -2.15. The fourth-order valence-corrected chi connectivity index (χ4v) is 0.727. The molecule has 0 spiro atoms. The van der Waals surface area contributed by atoms with E-state index in [1.54, 1.807) is 0 Å². The molecule has 0 aliphatic carbocycles. The average molecular weight is 159 g/mol. The van der Waals surface area contributed by atoms with Crippen LogP contribution in [-0.2, 0) is 14.3 Å². The van der Waals surface area contributed by atoms with Crippen LogP contribution in [-0.4, -0.2) is 37.0 Å². The first kappa shape index (κ1) is 9.94. The molecule has 0 aliphatic heterocycles. The predicted octanol–water partition coefficient (Wildman–Crippen LogP) is 0.0278. The van der Waals surface area contributed by atoms with E-state index in [9.17, 15) is 9.59 Å². The number of ether oxygens (including phenoxy) is 1. The zero-order valence-corrected chi connectivity index (χ0v) is 7.09. The summed E-state index contributed by atoms with van der Waals surface area (Å²) < 4.78 is 4.27. The Balaban J connectivity index is 4.09. The monoisotopic (exact) mass is 159 g/mol. The minimum atomic E-state index is -0.798. The topological polar surface area (TPSA) is 46.6 Å². The van der Waals surface area contributed by atoms with Crippen LogP contribution in [0.4, 0.5) is 0 Å². The third-order valence-electron chi connectivity index (χ3n) is 1.41. The minimum Gasteiger partial charge on any atom is -0.462 e. The molecule has 4 heteroatoms. The molecule has 0 aliphatic rings. The predicted molar refractivity (Wildman–Crippen MR) is 39.9 cm³/mol. The van der Waals surface area contributed by atoms with Crippen LogP contribution in [0, 0.1) is 0 Å². The Morgan fingerprint density at radius 2 is 1.73 bits per heavy atom. The number of likely N-dealkylation sites (N-methyl/N-ethyl adjacent to an activating group) is 1. The van der Waals surface area contributed by atoms with E-state index in [1.165, 1.54) is 12.0 Å². The van der Waals surface area contributed by atoms with Crippen molar-refractivity contribution in [1.29, 1.82) is 0 Å². The highest BCUT2D eigenvalue weighted by Gasteiger charge is 2.18. The van der Waals surface area contributed by atoms with Gasteiger partial charge in [0.2, 0.25) is 0 Å². The molecule has 0 aromatic carbocycles. The standard InChI is InChI=1S/C7H13NO3/c1-4-8(5-2)6(9)7(10)11-3/h4-5H2,1-3H3. The first-order valence-corrected chi connectivity index (χ1v) is 3.54. The number of amides is 1. The van der Waals surface area contributed by atoms with Crippen molar-refractivity contribution in [3.63, 3.8) is 0 Å². The molecule has 0 saturated heterocycles. The summed E-state index contributed by atoms with van der Waals surface area (Å²) in [6.07, 6.45) is 0. The number of nitrogens with zero attached hydrogens (tertiary/aromatic N) is 1. The van der Waals surface area contributed by atoms with E-state index < -0.39 is 11.9 Å². The Morgan fingerprint density at radius 1 is 1.27 bits per heavy atom. The largest absolute Gasteiger partial charge is 0.462 e. The molecule has 0 aromatic rings. The first-order chi connectivity index (χ1) is 5.17. The van der Waals surface area contributed by atoms with Crippen LogP contribution >= 0.6 is 0 Å². The number of hydrogen-bond donors (Lipinski definition) is 0. The summed E-state index contributed by atoms with van der Waals surface area (Å²) in [4.78, 5) is 23.1. The maximum absolute atomic E-state index is 11.0. The van der Waals surface area contributed by atoms with Crippen LogP contribution in [0.25, 0.3) is 0 Å². The van der Waals surface area contributed by atoms with Gasteiger partial charge in [-0.1, -0.05) is 0 Å². The fraction of sp³-hybridized carbons (Fsp3) is 0.714. The number of carbonyl (C=O) groups excluding carboxylic acids is 2. The molecule has 4 nitrogen and oxygen atoms in total. The Kier molecular flexibility index (Phi) is 4.26.